The van der Waals surface area contributed by atoms with Crippen LogP contribution >= 0.6 is 11.3 Å². The van der Waals surface area contributed by atoms with Gasteiger partial charge in [-0.05, 0) is 55.5 Å². The normalized spacial score (nSPS) is 11.0. The minimum Gasteiger partial charge on any atom is -0.494 e. The van der Waals surface area contributed by atoms with Gasteiger partial charge in [0.15, 0.2) is 5.13 Å². The highest BCUT2D eigenvalue weighted by molar-refractivity contribution is 7.14. The fourth-order valence-electron chi connectivity index (χ4n) is 2.30. The lowest BCUT2D eigenvalue weighted by molar-refractivity contribution is -0.274. The molecule has 10 heteroatoms. The van der Waals surface area contributed by atoms with Crippen LogP contribution < -0.4 is 20.1 Å². The first-order valence-electron chi connectivity index (χ1n) is 8.45. The predicted octanol–water partition coefficient (Wildman–Crippen LogP) is 5.44. The Morgan fingerprint density at radius 1 is 1.03 bits per heavy atom. The number of benzene rings is 2. The Labute approximate surface area is 168 Å². The molecule has 0 fully saturated rings. The highest BCUT2D eigenvalue weighted by Crippen LogP contribution is 2.25. The minimum atomic E-state index is -4.77. The molecule has 0 radical (unpaired) electrons. The third-order valence-electron chi connectivity index (χ3n) is 3.50. The molecule has 0 saturated heterocycles. The van der Waals surface area contributed by atoms with E-state index in [4.69, 9.17) is 4.74 Å². The number of hydrogen-bond acceptors (Lipinski definition) is 6. The second-order valence-corrected chi connectivity index (χ2v) is 6.50. The molecule has 0 aliphatic heterocycles. The highest BCUT2D eigenvalue weighted by atomic mass is 32.1. The summed E-state index contributed by atoms with van der Waals surface area (Å²) in [4.78, 5) is 16.5. The van der Waals surface area contributed by atoms with E-state index in [1.165, 1.54) is 23.5 Å². The number of amides is 1. The van der Waals surface area contributed by atoms with E-state index in [1.807, 2.05) is 31.2 Å². The van der Waals surface area contributed by atoms with Crippen molar-refractivity contribution in [3.63, 3.8) is 0 Å². The Hall–Kier alpha value is -3.27. The lowest BCUT2D eigenvalue weighted by atomic mass is 10.3. The van der Waals surface area contributed by atoms with Gasteiger partial charge in [-0.2, -0.15) is 0 Å². The average molecular weight is 423 g/mol. The third-order valence-corrected chi connectivity index (χ3v) is 4.26. The molecular weight excluding hydrogens is 407 g/mol. The molecule has 3 rings (SSSR count). The van der Waals surface area contributed by atoms with E-state index >= 15 is 0 Å². The fourth-order valence-corrected chi connectivity index (χ4v) is 3.01. The Morgan fingerprint density at radius 3 is 2.28 bits per heavy atom. The topological polar surface area (TPSA) is 72.5 Å². The summed E-state index contributed by atoms with van der Waals surface area (Å²) in [6.45, 7) is 2.48. The third kappa shape index (κ3) is 6.11. The molecule has 1 aromatic heterocycles. The SMILES string of the molecule is CCOc1ccc(Nc2nc(C(=O)Nc3ccc(OC(F)(F)F)cc3)cs2)cc1. The number of halogens is 3. The summed E-state index contributed by atoms with van der Waals surface area (Å²) in [5.74, 6) is -0.0969. The van der Waals surface area contributed by atoms with Gasteiger partial charge in [0.05, 0.1) is 6.61 Å². The van der Waals surface area contributed by atoms with Crippen molar-refractivity contribution in [1.29, 1.82) is 0 Å². The van der Waals surface area contributed by atoms with E-state index in [1.54, 1.807) is 5.38 Å². The molecule has 2 aromatic carbocycles. The lowest BCUT2D eigenvalue weighted by Crippen LogP contribution is -2.17. The average Bonchev–Trinajstić information content (AvgIpc) is 3.13. The number of carbonyl (C=O) groups excluding carboxylic acids is 1. The molecule has 152 valence electrons. The first kappa shape index (κ1) is 20.5. The van der Waals surface area contributed by atoms with Gasteiger partial charge in [-0.1, -0.05) is 0 Å². The van der Waals surface area contributed by atoms with Crippen molar-refractivity contribution < 1.29 is 27.4 Å². The van der Waals surface area contributed by atoms with Crippen LogP contribution in [0.15, 0.2) is 53.9 Å². The maximum absolute atomic E-state index is 12.3. The molecule has 0 atom stereocenters. The van der Waals surface area contributed by atoms with Gasteiger partial charge in [0.1, 0.15) is 17.2 Å². The zero-order valence-electron chi connectivity index (χ0n) is 15.1. The molecule has 0 aliphatic rings. The van der Waals surface area contributed by atoms with Gasteiger partial charge in [-0.25, -0.2) is 4.98 Å². The summed E-state index contributed by atoms with van der Waals surface area (Å²) in [5, 5.41) is 7.76. The van der Waals surface area contributed by atoms with Crippen LogP contribution in [0, 0.1) is 0 Å². The number of ether oxygens (including phenoxy) is 2. The standard InChI is InChI=1S/C19H16F3N3O3S/c1-2-27-14-7-3-13(4-8-14)24-18-25-16(11-29-18)17(26)23-12-5-9-15(10-6-12)28-19(20,21)22/h3-11H,2H2,1H3,(H,23,26)(H,24,25). The summed E-state index contributed by atoms with van der Waals surface area (Å²) < 4.78 is 45.7. The zero-order valence-corrected chi connectivity index (χ0v) is 15.9. The molecule has 3 aromatic rings. The number of alkyl halides is 3. The molecule has 6 nitrogen and oxygen atoms in total. The van der Waals surface area contributed by atoms with Crippen molar-refractivity contribution in [2.45, 2.75) is 13.3 Å². The Morgan fingerprint density at radius 2 is 1.66 bits per heavy atom. The molecule has 1 amide bonds. The first-order valence-corrected chi connectivity index (χ1v) is 9.33. The maximum Gasteiger partial charge on any atom is 0.573 e. The number of hydrogen-bond donors (Lipinski definition) is 2. The van der Waals surface area contributed by atoms with E-state index in [0.29, 0.717) is 17.4 Å². The number of rotatable bonds is 7. The van der Waals surface area contributed by atoms with Gasteiger partial charge < -0.3 is 20.1 Å². The van der Waals surface area contributed by atoms with Crippen LogP contribution in [0.3, 0.4) is 0 Å². The predicted molar refractivity (Wildman–Crippen MR) is 104 cm³/mol. The Balaban J connectivity index is 1.59. The second kappa shape index (κ2) is 8.82. The number of anilines is 3. The molecule has 0 saturated carbocycles. The zero-order chi connectivity index (χ0) is 20.9. The molecule has 0 bridgehead atoms. The summed E-state index contributed by atoms with van der Waals surface area (Å²) in [5.41, 5.74) is 1.28. The van der Waals surface area contributed by atoms with E-state index in [9.17, 15) is 18.0 Å². The van der Waals surface area contributed by atoms with Gasteiger partial charge in [0.25, 0.3) is 5.91 Å². The van der Waals surface area contributed by atoms with E-state index in [-0.39, 0.29) is 11.4 Å². The van der Waals surface area contributed by atoms with Crippen LogP contribution in [0.4, 0.5) is 29.7 Å². The highest BCUT2D eigenvalue weighted by Gasteiger charge is 2.31. The largest absolute Gasteiger partial charge is 0.573 e. The van der Waals surface area contributed by atoms with Crippen LogP contribution in [-0.4, -0.2) is 23.9 Å². The quantitative estimate of drug-likeness (QED) is 0.530. The monoisotopic (exact) mass is 423 g/mol. The van der Waals surface area contributed by atoms with Crippen LogP contribution in [-0.2, 0) is 0 Å². The first-order chi connectivity index (χ1) is 13.8. The van der Waals surface area contributed by atoms with E-state index in [2.05, 4.69) is 20.4 Å². The van der Waals surface area contributed by atoms with Crippen molar-refractivity contribution in [2.24, 2.45) is 0 Å². The maximum atomic E-state index is 12.3. The van der Waals surface area contributed by atoms with Crippen molar-refractivity contribution in [3.8, 4) is 11.5 Å². The van der Waals surface area contributed by atoms with Gasteiger partial charge >= 0.3 is 6.36 Å². The Bertz CT molecular complexity index is 957. The number of carbonyl (C=O) groups is 1. The fraction of sp³-hybridized carbons (Fsp3) is 0.158. The molecule has 0 spiro atoms. The van der Waals surface area contributed by atoms with Gasteiger partial charge in [0, 0.05) is 16.8 Å². The van der Waals surface area contributed by atoms with Gasteiger partial charge in [-0.3, -0.25) is 4.79 Å². The van der Waals surface area contributed by atoms with Crippen LogP contribution in [0.25, 0.3) is 0 Å². The summed E-state index contributed by atoms with van der Waals surface area (Å²) in [7, 11) is 0. The smallest absolute Gasteiger partial charge is 0.494 e. The van der Waals surface area contributed by atoms with Crippen LogP contribution in [0.5, 0.6) is 11.5 Å². The number of aromatic nitrogens is 1. The number of nitrogens with zero attached hydrogens (tertiary/aromatic N) is 1. The van der Waals surface area contributed by atoms with E-state index < -0.39 is 12.3 Å². The van der Waals surface area contributed by atoms with Crippen molar-refractivity contribution in [3.05, 3.63) is 59.6 Å². The molecule has 2 N–H and O–H groups in total. The van der Waals surface area contributed by atoms with Crippen molar-refractivity contribution in [2.75, 3.05) is 17.2 Å². The summed E-state index contributed by atoms with van der Waals surface area (Å²) in [6.07, 6.45) is -4.77. The molecule has 29 heavy (non-hydrogen) atoms. The van der Waals surface area contributed by atoms with Gasteiger partial charge in [0.2, 0.25) is 0 Å². The van der Waals surface area contributed by atoms with Crippen molar-refractivity contribution >= 4 is 33.8 Å². The minimum absolute atomic E-state index is 0.180. The number of thiazole rings is 1. The van der Waals surface area contributed by atoms with Crippen molar-refractivity contribution in [1.82, 2.24) is 4.98 Å². The lowest BCUT2D eigenvalue weighted by Gasteiger charge is -2.09. The van der Waals surface area contributed by atoms with Crippen LogP contribution in [0.2, 0.25) is 0 Å². The molecule has 0 aliphatic carbocycles. The second-order valence-electron chi connectivity index (χ2n) is 5.65. The van der Waals surface area contributed by atoms with Gasteiger partial charge in [-0.15, -0.1) is 24.5 Å². The summed E-state index contributed by atoms with van der Waals surface area (Å²) in [6, 6.07) is 12.1. The molecular formula is C19H16F3N3O3S. The number of nitrogens with one attached hydrogen (secondary N) is 2. The van der Waals surface area contributed by atoms with E-state index in [0.717, 1.165) is 23.6 Å². The van der Waals surface area contributed by atoms with Crippen LogP contribution in [0.1, 0.15) is 17.4 Å². The summed E-state index contributed by atoms with van der Waals surface area (Å²) >= 11 is 1.25. The Kier molecular flexibility index (Phi) is 6.23. The molecule has 0 unspecified atom stereocenters. The molecule has 1 heterocycles.